The maximum Gasteiger partial charge on any atom is 0.253 e. The van der Waals surface area contributed by atoms with Crippen molar-refractivity contribution in [1.29, 1.82) is 0 Å². The fraction of sp³-hybridized carbons (Fsp3) is 0.444. The van der Waals surface area contributed by atoms with Crippen molar-refractivity contribution < 1.29 is 14.4 Å². The Morgan fingerprint density at radius 3 is 2.27 bits per heavy atom. The van der Waals surface area contributed by atoms with E-state index in [0.29, 0.717) is 23.7 Å². The molecule has 2 aromatic carbocycles. The maximum absolute atomic E-state index is 12.9. The SMILES string of the molecule is CC(C)N1CC(C(=O)Nc2ccc(C(=O)N3CCC(Cc4ccccc4)CC3)cc2)CC1=O. The fourth-order valence-corrected chi connectivity index (χ4v) is 4.82. The minimum atomic E-state index is -0.335. The normalized spacial score (nSPS) is 19.2. The molecule has 1 atom stereocenters. The molecular formula is C27H33N3O3. The molecule has 0 spiro atoms. The third-order valence-corrected chi connectivity index (χ3v) is 6.82. The average Bonchev–Trinajstić information content (AvgIpc) is 3.22. The van der Waals surface area contributed by atoms with E-state index in [2.05, 4.69) is 29.6 Å². The minimum Gasteiger partial charge on any atom is -0.339 e. The first-order valence-corrected chi connectivity index (χ1v) is 11.9. The molecule has 2 fully saturated rings. The number of carbonyl (C=O) groups excluding carboxylic acids is 3. The van der Waals surface area contributed by atoms with Crippen molar-refractivity contribution in [3.63, 3.8) is 0 Å². The molecule has 0 radical (unpaired) electrons. The molecule has 174 valence electrons. The highest BCUT2D eigenvalue weighted by Gasteiger charge is 2.35. The summed E-state index contributed by atoms with van der Waals surface area (Å²) in [6.45, 7) is 5.92. The first kappa shape index (κ1) is 23.0. The van der Waals surface area contributed by atoms with Crippen molar-refractivity contribution in [2.45, 2.75) is 45.6 Å². The third-order valence-electron chi connectivity index (χ3n) is 6.82. The summed E-state index contributed by atoms with van der Waals surface area (Å²) in [5.74, 6) is 0.200. The van der Waals surface area contributed by atoms with Crippen LogP contribution in [0.15, 0.2) is 54.6 Å². The van der Waals surface area contributed by atoms with Crippen LogP contribution < -0.4 is 5.32 Å². The van der Waals surface area contributed by atoms with E-state index >= 15 is 0 Å². The molecule has 4 rings (SSSR count). The van der Waals surface area contributed by atoms with Gasteiger partial charge in [-0.25, -0.2) is 0 Å². The predicted molar refractivity (Wildman–Crippen MR) is 129 cm³/mol. The Bertz CT molecular complexity index is 979. The van der Waals surface area contributed by atoms with Gasteiger partial charge >= 0.3 is 0 Å². The molecule has 1 unspecified atom stereocenters. The van der Waals surface area contributed by atoms with Crippen LogP contribution in [0, 0.1) is 11.8 Å². The number of amides is 3. The summed E-state index contributed by atoms with van der Waals surface area (Å²) in [5, 5.41) is 2.90. The topological polar surface area (TPSA) is 69.7 Å². The van der Waals surface area contributed by atoms with Gasteiger partial charge in [-0.05, 0) is 68.9 Å². The predicted octanol–water partition coefficient (Wildman–Crippen LogP) is 3.98. The number of nitrogens with zero attached hydrogens (tertiary/aromatic N) is 2. The number of carbonyl (C=O) groups is 3. The lowest BCUT2D eigenvalue weighted by Crippen LogP contribution is -2.38. The first-order chi connectivity index (χ1) is 15.9. The molecule has 6 nitrogen and oxygen atoms in total. The summed E-state index contributed by atoms with van der Waals surface area (Å²) in [6.07, 6.45) is 3.35. The molecule has 33 heavy (non-hydrogen) atoms. The number of nitrogens with one attached hydrogen (secondary N) is 1. The highest BCUT2D eigenvalue weighted by atomic mass is 16.2. The number of hydrogen-bond acceptors (Lipinski definition) is 3. The van der Waals surface area contributed by atoms with Crippen LogP contribution >= 0.6 is 0 Å². The number of piperidine rings is 1. The van der Waals surface area contributed by atoms with Crippen molar-refractivity contribution in [3.8, 4) is 0 Å². The number of benzene rings is 2. The second-order valence-corrected chi connectivity index (χ2v) is 9.53. The smallest absolute Gasteiger partial charge is 0.253 e. The van der Waals surface area contributed by atoms with Crippen LogP contribution in [0.1, 0.15) is 49.0 Å². The summed E-state index contributed by atoms with van der Waals surface area (Å²) in [5.41, 5.74) is 2.64. The minimum absolute atomic E-state index is 0.0265. The van der Waals surface area contributed by atoms with Crippen molar-refractivity contribution >= 4 is 23.4 Å². The fourth-order valence-electron chi connectivity index (χ4n) is 4.82. The Balaban J connectivity index is 1.27. The summed E-state index contributed by atoms with van der Waals surface area (Å²) in [6, 6.07) is 17.7. The zero-order valence-electron chi connectivity index (χ0n) is 19.5. The van der Waals surface area contributed by atoms with E-state index in [1.54, 1.807) is 29.2 Å². The molecule has 0 aliphatic carbocycles. The monoisotopic (exact) mass is 447 g/mol. The molecule has 0 aromatic heterocycles. The third kappa shape index (κ3) is 5.62. The zero-order valence-corrected chi connectivity index (χ0v) is 19.5. The van der Waals surface area contributed by atoms with E-state index in [-0.39, 0.29) is 36.1 Å². The van der Waals surface area contributed by atoms with Crippen LogP contribution in [0.3, 0.4) is 0 Å². The Labute approximate surface area is 196 Å². The van der Waals surface area contributed by atoms with Crippen LogP contribution in [0.4, 0.5) is 5.69 Å². The number of hydrogen-bond donors (Lipinski definition) is 1. The van der Waals surface area contributed by atoms with Crippen LogP contribution in [0.2, 0.25) is 0 Å². The highest BCUT2D eigenvalue weighted by Crippen LogP contribution is 2.24. The van der Waals surface area contributed by atoms with Crippen LogP contribution in [0.5, 0.6) is 0 Å². The summed E-state index contributed by atoms with van der Waals surface area (Å²) >= 11 is 0. The van der Waals surface area contributed by atoms with Gasteiger partial charge < -0.3 is 15.1 Å². The Morgan fingerprint density at radius 2 is 1.67 bits per heavy atom. The summed E-state index contributed by atoms with van der Waals surface area (Å²) in [4.78, 5) is 41.3. The van der Waals surface area contributed by atoms with Gasteiger partial charge in [0.15, 0.2) is 0 Å². The second kappa shape index (κ2) is 10.2. The Morgan fingerprint density at radius 1 is 1.00 bits per heavy atom. The molecule has 1 N–H and O–H groups in total. The van der Waals surface area contributed by atoms with Gasteiger partial charge in [-0.2, -0.15) is 0 Å². The quantitative estimate of drug-likeness (QED) is 0.728. The van der Waals surface area contributed by atoms with Crippen LogP contribution in [-0.4, -0.2) is 53.2 Å². The summed E-state index contributed by atoms with van der Waals surface area (Å²) < 4.78 is 0. The van der Waals surface area contributed by atoms with Gasteiger partial charge in [0.2, 0.25) is 11.8 Å². The number of likely N-dealkylation sites (tertiary alicyclic amines) is 2. The molecule has 6 heteroatoms. The molecule has 2 aliphatic rings. The lowest BCUT2D eigenvalue weighted by atomic mass is 9.90. The van der Waals surface area contributed by atoms with E-state index in [9.17, 15) is 14.4 Å². The van der Waals surface area contributed by atoms with Gasteiger partial charge in [-0.3, -0.25) is 14.4 Å². The Hall–Kier alpha value is -3.15. The maximum atomic E-state index is 12.9. The number of anilines is 1. The second-order valence-electron chi connectivity index (χ2n) is 9.53. The van der Waals surface area contributed by atoms with Crippen LogP contribution in [0.25, 0.3) is 0 Å². The van der Waals surface area contributed by atoms with Gasteiger partial charge in [-0.15, -0.1) is 0 Å². The standard InChI is InChI=1S/C27H33N3O3/c1-19(2)30-18-23(17-25(30)31)26(32)28-24-10-8-22(9-11-24)27(33)29-14-12-21(13-15-29)16-20-6-4-3-5-7-20/h3-11,19,21,23H,12-18H2,1-2H3,(H,28,32). The van der Waals surface area contributed by atoms with E-state index in [1.165, 1.54) is 5.56 Å². The summed E-state index contributed by atoms with van der Waals surface area (Å²) in [7, 11) is 0. The molecule has 2 saturated heterocycles. The zero-order chi connectivity index (χ0) is 23.4. The van der Waals surface area contributed by atoms with E-state index in [4.69, 9.17) is 0 Å². The highest BCUT2D eigenvalue weighted by molar-refractivity contribution is 5.98. The largest absolute Gasteiger partial charge is 0.339 e. The van der Waals surface area contributed by atoms with Gasteiger partial charge in [-0.1, -0.05) is 30.3 Å². The Kier molecular flexibility index (Phi) is 7.11. The van der Waals surface area contributed by atoms with Gasteiger partial charge in [0.1, 0.15) is 0 Å². The van der Waals surface area contributed by atoms with E-state index < -0.39 is 0 Å². The lowest BCUT2D eigenvalue weighted by Gasteiger charge is -2.32. The van der Waals surface area contributed by atoms with Crippen molar-refractivity contribution in [1.82, 2.24) is 9.80 Å². The lowest BCUT2D eigenvalue weighted by molar-refractivity contribution is -0.129. The molecule has 0 bridgehead atoms. The molecule has 3 amide bonds. The molecule has 2 heterocycles. The van der Waals surface area contributed by atoms with Gasteiger partial charge in [0, 0.05) is 43.3 Å². The number of rotatable bonds is 6. The van der Waals surface area contributed by atoms with Gasteiger partial charge in [0.05, 0.1) is 5.92 Å². The van der Waals surface area contributed by atoms with Gasteiger partial charge in [0.25, 0.3) is 5.91 Å². The molecule has 2 aromatic rings. The molecule has 2 aliphatic heterocycles. The average molecular weight is 448 g/mol. The van der Waals surface area contributed by atoms with E-state index in [0.717, 1.165) is 32.4 Å². The first-order valence-electron chi connectivity index (χ1n) is 11.9. The van der Waals surface area contributed by atoms with Crippen molar-refractivity contribution in [3.05, 3.63) is 65.7 Å². The van der Waals surface area contributed by atoms with E-state index in [1.807, 2.05) is 24.8 Å². The molecular weight excluding hydrogens is 414 g/mol. The molecule has 0 saturated carbocycles. The van der Waals surface area contributed by atoms with Crippen molar-refractivity contribution in [2.75, 3.05) is 25.0 Å². The van der Waals surface area contributed by atoms with Crippen molar-refractivity contribution in [2.24, 2.45) is 11.8 Å². The van der Waals surface area contributed by atoms with Crippen LogP contribution in [-0.2, 0) is 16.0 Å².